The van der Waals surface area contributed by atoms with Crippen molar-refractivity contribution in [3.05, 3.63) is 150 Å². The molecular formula is C31H29N3O3S. The van der Waals surface area contributed by atoms with Crippen LogP contribution < -0.4 is 5.32 Å². The van der Waals surface area contributed by atoms with Crippen molar-refractivity contribution in [3.8, 4) is 0 Å². The Balaban J connectivity index is 1.47. The van der Waals surface area contributed by atoms with Gasteiger partial charge in [-0.1, -0.05) is 109 Å². The first-order valence-corrected chi connectivity index (χ1v) is 13.8. The highest BCUT2D eigenvalue weighted by molar-refractivity contribution is 7.86. The molecule has 4 aromatic carbocycles. The maximum atomic E-state index is 12.7. The fraction of sp³-hybridized carbons (Fsp3) is 0.129. The summed E-state index contributed by atoms with van der Waals surface area (Å²) in [6.07, 6.45) is 1.70. The minimum Gasteiger partial charge on any atom is -0.353 e. The van der Waals surface area contributed by atoms with Gasteiger partial charge in [-0.15, -0.1) is 0 Å². The molecule has 0 amide bonds. The summed E-state index contributed by atoms with van der Waals surface area (Å²) in [6.45, 7) is 2.10. The average molecular weight is 524 g/mol. The van der Waals surface area contributed by atoms with E-state index in [2.05, 4.69) is 46.8 Å². The van der Waals surface area contributed by atoms with Gasteiger partial charge >= 0.3 is 0 Å². The predicted molar refractivity (Wildman–Crippen MR) is 149 cm³/mol. The van der Waals surface area contributed by atoms with Crippen LogP contribution in [0, 0.1) is 6.92 Å². The molecule has 0 fully saturated rings. The lowest BCUT2D eigenvalue weighted by Gasteiger charge is -2.37. The van der Waals surface area contributed by atoms with E-state index in [1.54, 1.807) is 35.1 Å². The monoisotopic (exact) mass is 523 g/mol. The second-order valence-electron chi connectivity index (χ2n) is 9.00. The molecule has 1 heterocycles. The van der Waals surface area contributed by atoms with Crippen LogP contribution in [0.3, 0.4) is 0 Å². The van der Waals surface area contributed by atoms with E-state index in [4.69, 9.17) is 4.18 Å². The molecule has 0 aliphatic heterocycles. The van der Waals surface area contributed by atoms with Crippen molar-refractivity contribution >= 4 is 15.9 Å². The second kappa shape index (κ2) is 11.0. The van der Waals surface area contributed by atoms with Gasteiger partial charge in [0.25, 0.3) is 10.1 Å². The zero-order chi connectivity index (χ0) is 26.4. The Bertz CT molecular complexity index is 1470. The Morgan fingerprint density at radius 1 is 0.737 bits per heavy atom. The smallest absolute Gasteiger partial charge is 0.297 e. The van der Waals surface area contributed by atoms with Gasteiger partial charge in [0.1, 0.15) is 11.4 Å². The van der Waals surface area contributed by atoms with E-state index in [1.807, 2.05) is 67.6 Å². The summed E-state index contributed by atoms with van der Waals surface area (Å²) in [5.41, 5.74) is 3.43. The number of hydrogen-bond donors (Lipinski definition) is 1. The third kappa shape index (κ3) is 5.25. The van der Waals surface area contributed by atoms with Crippen molar-refractivity contribution in [2.75, 3.05) is 11.9 Å². The van der Waals surface area contributed by atoms with Crippen molar-refractivity contribution in [3.63, 3.8) is 0 Å². The molecule has 5 aromatic rings. The van der Waals surface area contributed by atoms with Crippen LogP contribution in [0.4, 0.5) is 5.82 Å². The van der Waals surface area contributed by atoms with Crippen LogP contribution in [0.25, 0.3) is 0 Å². The molecule has 1 aromatic heterocycles. The van der Waals surface area contributed by atoms with Crippen LogP contribution >= 0.6 is 0 Å². The van der Waals surface area contributed by atoms with Crippen molar-refractivity contribution in [1.29, 1.82) is 0 Å². The van der Waals surface area contributed by atoms with Gasteiger partial charge in [-0.3, -0.25) is 4.18 Å². The molecule has 5 rings (SSSR count). The van der Waals surface area contributed by atoms with Crippen LogP contribution in [-0.2, 0) is 26.4 Å². The van der Waals surface area contributed by atoms with E-state index in [9.17, 15) is 8.42 Å². The lowest BCUT2D eigenvalue weighted by Crippen LogP contribution is -2.39. The van der Waals surface area contributed by atoms with E-state index in [-0.39, 0.29) is 18.0 Å². The zero-order valence-corrected chi connectivity index (χ0v) is 21.9. The van der Waals surface area contributed by atoms with Gasteiger partial charge in [-0.25, -0.2) is 4.68 Å². The summed E-state index contributed by atoms with van der Waals surface area (Å²) < 4.78 is 32.4. The van der Waals surface area contributed by atoms with Crippen LogP contribution in [0.2, 0.25) is 0 Å². The molecule has 7 heteroatoms. The van der Waals surface area contributed by atoms with Crippen molar-refractivity contribution in [2.24, 2.45) is 0 Å². The number of hydrogen-bond acceptors (Lipinski definition) is 5. The molecule has 6 nitrogen and oxygen atoms in total. The highest BCUT2D eigenvalue weighted by Crippen LogP contribution is 2.39. The van der Waals surface area contributed by atoms with E-state index in [0.29, 0.717) is 0 Å². The number of aryl methyl sites for hydroxylation is 1. The van der Waals surface area contributed by atoms with Gasteiger partial charge in [0, 0.05) is 6.07 Å². The molecule has 0 saturated carbocycles. The standard InChI is InChI=1S/C31H29N3O3S/c1-25-17-19-29(20-18-25)38(35,36)37-24-23-34-30(21-22-32-34)33-31(26-11-5-2-6-12-26,27-13-7-3-8-14-27)28-15-9-4-10-16-28/h2-22,33H,23-24H2,1H3. The second-order valence-corrected chi connectivity index (χ2v) is 10.6. The molecule has 0 radical (unpaired) electrons. The number of nitrogens with one attached hydrogen (secondary N) is 1. The van der Waals surface area contributed by atoms with Crippen LogP contribution in [0.1, 0.15) is 22.3 Å². The van der Waals surface area contributed by atoms with Gasteiger partial charge in [-0.2, -0.15) is 13.5 Å². The molecule has 0 aliphatic carbocycles. The van der Waals surface area contributed by atoms with E-state index >= 15 is 0 Å². The van der Waals surface area contributed by atoms with Crippen molar-refractivity contribution in [1.82, 2.24) is 9.78 Å². The van der Waals surface area contributed by atoms with Crippen LogP contribution in [0.5, 0.6) is 0 Å². The maximum Gasteiger partial charge on any atom is 0.297 e. The first kappa shape index (κ1) is 25.4. The third-order valence-corrected chi connectivity index (χ3v) is 7.83. The minimum absolute atomic E-state index is 0.0540. The molecule has 0 bridgehead atoms. The number of benzene rings is 4. The number of anilines is 1. The van der Waals surface area contributed by atoms with Crippen molar-refractivity contribution in [2.45, 2.75) is 23.9 Å². The molecular weight excluding hydrogens is 494 g/mol. The van der Waals surface area contributed by atoms with Gasteiger partial charge < -0.3 is 5.32 Å². The summed E-state index contributed by atoms with van der Waals surface area (Å²) in [5.74, 6) is 0.734. The Morgan fingerprint density at radius 2 is 1.24 bits per heavy atom. The highest BCUT2D eigenvalue weighted by atomic mass is 32.2. The highest BCUT2D eigenvalue weighted by Gasteiger charge is 2.37. The lowest BCUT2D eigenvalue weighted by atomic mass is 9.77. The Hall–Kier alpha value is -4.20. The van der Waals surface area contributed by atoms with Gasteiger partial charge in [0.05, 0.1) is 24.2 Å². The van der Waals surface area contributed by atoms with E-state index in [0.717, 1.165) is 28.1 Å². The first-order valence-electron chi connectivity index (χ1n) is 12.4. The van der Waals surface area contributed by atoms with Gasteiger partial charge in [-0.05, 0) is 35.7 Å². The number of nitrogens with zero attached hydrogens (tertiary/aromatic N) is 2. The van der Waals surface area contributed by atoms with Crippen LogP contribution in [-0.4, -0.2) is 24.8 Å². The lowest BCUT2D eigenvalue weighted by molar-refractivity contribution is 0.295. The molecule has 0 aliphatic rings. The molecule has 38 heavy (non-hydrogen) atoms. The largest absolute Gasteiger partial charge is 0.353 e. The topological polar surface area (TPSA) is 73.2 Å². The summed E-state index contributed by atoms with van der Waals surface area (Å²) in [5, 5.41) is 8.24. The quantitative estimate of drug-likeness (QED) is 0.180. The Labute approximate surface area is 223 Å². The molecule has 0 unspecified atom stereocenters. The predicted octanol–water partition coefficient (Wildman–Crippen LogP) is 6.00. The fourth-order valence-electron chi connectivity index (χ4n) is 4.60. The van der Waals surface area contributed by atoms with E-state index < -0.39 is 15.7 Å². The summed E-state index contributed by atoms with van der Waals surface area (Å²) in [7, 11) is -3.87. The molecule has 192 valence electrons. The summed E-state index contributed by atoms with van der Waals surface area (Å²) in [6, 6.07) is 39.3. The SMILES string of the molecule is Cc1ccc(S(=O)(=O)OCCn2nccc2NC(c2ccccc2)(c2ccccc2)c2ccccc2)cc1. The van der Waals surface area contributed by atoms with Gasteiger partial charge in [0.15, 0.2) is 0 Å². The average Bonchev–Trinajstić information content (AvgIpc) is 3.40. The van der Waals surface area contributed by atoms with E-state index in [1.165, 1.54) is 0 Å². The van der Waals surface area contributed by atoms with Gasteiger partial charge in [0.2, 0.25) is 0 Å². The molecule has 0 saturated heterocycles. The summed E-state index contributed by atoms with van der Waals surface area (Å²) >= 11 is 0. The maximum absolute atomic E-state index is 12.7. The minimum atomic E-state index is -3.87. The zero-order valence-electron chi connectivity index (χ0n) is 21.1. The number of rotatable bonds is 10. The molecule has 0 atom stereocenters. The third-order valence-electron chi connectivity index (χ3n) is 6.50. The molecule has 0 spiro atoms. The Kier molecular flexibility index (Phi) is 7.40. The number of aromatic nitrogens is 2. The normalized spacial score (nSPS) is 11.8. The first-order chi connectivity index (χ1) is 18.5. The van der Waals surface area contributed by atoms with Crippen molar-refractivity contribution < 1.29 is 12.6 Å². The molecule has 1 N–H and O–H groups in total. The Morgan fingerprint density at radius 3 is 1.74 bits per heavy atom. The fourth-order valence-corrected chi connectivity index (χ4v) is 5.50. The van der Waals surface area contributed by atoms with Crippen LogP contribution in [0.15, 0.2) is 132 Å². The summed E-state index contributed by atoms with van der Waals surface area (Å²) in [4.78, 5) is 0.137.